The Morgan fingerprint density at radius 3 is 3.00 bits per heavy atom. The lowest BCUT2D eigenvalue weighted by Gasteiger charge is -2.07. The number of carbonyl (C=O) groups excluding carboxylic acids is 1. The fourth-order valence-electron chi connectivity index (χ4n) is 1.76. The quantitative estimate of drug-likeness (QED) is 0.632. The number of hydrogen-bond acceptors (Lipinski definition) is 3. The van der Waals surface area contributed by atoms with Crippen molar-refractivity contribution < 1.29 is 4.79 Å². The maximum atomic E-state index is 11.9. The van der Waals surface area contributed by atoms with Gasteiger partial charge in [0.2, 0.25) is 0 Å². The van der Waals surface area contributed by atoms with Crippen LogP contribution in [0.5, 0.6) is 0 Å². The Balaban J connectivity index is 1.79. The SMILES string of the molecule is Cc1ccc(C(=O)NCCCn2cccn2)cc1N. The van der Waals surface area contributed by atoms with E-state index in [0.29, 0.717) is 17.8 Å². The van der Waals surface area contributed by atoms with Gasteiger partial charge in [0.1, 0.15) is 0 Å². The van der Waals surface area contributed by atoms with E-state index >= 15 is 0 Å². The third-order valence-electron chi connectivity index (χ3n) is 2.95. The first-order chi connectivity index (χ1) is 9.16. The number of rotatable bonds is 5. The first kappa shape index (κ1) is 13.1. The zero-order valence-electron chi connectivity index (χ0n) is 11.0. The van der Waals surface area contributed by atoms with Crippen LogP contribution in [0.15, 0.2) is 36.7 Å². The molecule has 0 saturated carbocycles. The molecule has 0 atom stereocenters. The highest BCUT2D eigenvalue weighted by molar-refractivity contribution is 5.95. The van der Waals surface area contributed by atoms with Crippen molar-refractivity contribution in [3.05, 3.63) is 47.8 Å². The van der Waals surface area contributed by atoms with Gasteiger partial charge in [0.05, 0.1) is 0 Å². The van der Waals surface area contributed by atoms with Gasteiger partial charge in [-0.15, -0.1) is 0 Å². The van der Waals surface area contributed by atoms with Crippen LogP contribution in [0, 0.1) is 6.92 Å². The largest absolute Gasteiger partial charge is 0.398 e. The predicted octanol–water partition coefficient (Wildman–Crippen LogP) is 1.59. The number of nitrogen functional groups attached to an aromatic ring is 1. The van der Waals surface area contributed by atoms with Crippen molar-refractivity contribution in [1.29, 1.82) is 0 Å². The van der Waals surface area contributed by atoms with Crippen LogP contribution in [0.25, 0.3) is 0 Å². The summed E-state index contributed by atoms with van der Waals surface area (Å²) < 4.78 is 1.84. The van der Waals surface area contributed by atoms with Crippen molar-refractivity contribution in [1.82, 2.24) is 15.1 Å². The highest BCUT2D eigenvalue weighted by atomic mass is 16.1. The summed E-state index contributed by atoms with van der Waals surface area (Å²) in [4.78, 5) is 11.9. The molecule has 19 heavy (non-hydrogen) atoms. The molecule has 0 bridgehead atoms. The van der Waals surface area contributed by atoms with Crippen LogP contribution in [0.4, 0.5) is 5.69 Å². The smallest absolute Gasteiger partial charge is 0.251 e. The molecular weight excluding hydrogens is 240 g/mol. The van der Waals surface area contributed by atoms with Gasteiger partial charge >= 0.3 is 0 Å². The normalized spacial score (nSPS) is 10.4. The summed E-state index contributed by atoms with van der Waals surface area (Å²) in [6.45, 7) is 3.33. The number of anilines is 1. The van der Waals surface area contributed by atoms with Crippen molar-refractivity contribution in [2.45, 2.75) is 19.9 Å². The average molecular weight is 258 g/mol. The number of nitrogens with one attached hydrogen (secondary N) is 1. The van der Waals surface area contributed by atoms with Gasteiger partial charge in [0, 0.05) is 36.7 Å². The molecular formula is C14H18N4O. The molecule has 0 saturated heterocycles. The van der Waals surface area contributed by atoms with E-state index < -0.39 is 0 Å². The fraction of sp³-hybridized carbons (Fsp3) is 0.286. The minimum absolute atomic E-state index is 0.0906. The van der Waals surface area contributed by atoms with Crippen LogP contribution in [0.3, 0.4) is 0 Å². The molecule has 1 aromatic heterocycles. The molecule has 0 fully saturated rings. The molecule has 0 spiro atoms. The fourth-order valence-corrected chi connectivity index (χ4v) is 1.76. The van der Waals surface area contributed by atoms with Gasteiger partial charge in [0.15, 0.2) is 0 Å². The van der Waals surface area contributed by atoms with Gasteiger partial charge in [-0.25, -0.2) is 0 Å². The van der Waals surface area contributed by atoms with E-state index in [1.165, 1.54) is 0 Å². The van der Waals surface area contributed by atoms with E-state index in [0.717, 1.165) is 18.5 Å². The van der Waals surface area contributed by atoms with Gasteiger partial charge in [0.25, 0.3) is 5.91 Å². The zero-order valence-corrected chi connectivity index (χ0v) is 11.0. The van der Waals surface area contributed by atoms with E-state index in [9.17, 15) is 4.79 Å². The van der Waals surface area contributed by atoms with Gasteiger partial charge in [-0.3, -0.25) is 9.48 Å². The van der Waals surface area contributed by atoms with Crippen molar-refractivity contribution in [3.8, 4) is 0 Å². The van der Waals surface area contributed by atoms with Crippen LogP contribution in [0.2, 0.25) is 0 Å². The maximum absolute atomic E-state index is 11.9. The highest BCUT2D eigenvalue weighted by Crippen LogP contribution is 2.12. The Morgan fingerprint density at radius 2 is 2.32 bits per heavy atom. The van der Waals surface area contributed by atoms with E-state index in [2.05, 4.69) is 10.4 Å². The second kappa shape index (κ2) is 6.04. The molecule has 0 aliphatic rings. The molecule has 2 aromatic rings. The van der Waals surface area contributed by atoms with E-state index in [4.69, 9.17) is 5.73 Å². The second-order valence-electron chi connectivity index (χ2n) is 4.45. The Labute approximate surface area is 112 Å². The van der Waals surface area contributed by atoms with Gasteiger partial charge in [-0.1, -0.05) is 6.07 Å². The molecule has 3 N–H and O–H groups in total. The van der Waals surface area contributed by atoms with Crippen LogP contribution < -0.4 is 11.1 Å². The summed E-state index contributed by atoms with van der Waals surface area (Å²) in [5, 5.41) is 6.97. The molecule has 0 aliphatic heterocycles. The third kappa shape index (κ3) is 3.58. The van der Waals surface area contributed by atoms with Crippen molar-refractivity contribution >= 4 is 11.6 Å². The minimum atomic E-state index is -0.0906. The highest BCUT2D eigenvalue weighted by Gasteiger charge is 2.06. The number of hydrogen-bond donors (Lipinski definition) is 2. The number of aromatic nitrogens is 2. The lowest BCUT2D eigenvalue weighted by Crippen LogP contribution is -2.25. The Hall–Kier alpha value is -2.30. The second-order valence-corrected chi connectivity index (χ2v) is 4.45. The molecule has 1 aromatic carbocycles. The van der Waals surface area contributed by atoms with Crippen molar-refractivity contribution in [3.63, 3.8) is 0 Å². The van der Waals surface area contributed by atoms with E-state index in [1.54, 1.807) is 18.3 Å². The maximum Gasteiger partial charge on any atom is 0.251 e. The Kier molecular flexibility index (Phi) is 4.18. The number of amides is 1. The molecule has 1 amide bonds. The number of carbonyl (C=O) groups is 1. The molecule has 2 rings (SSSR count). The third-order valence-corrected chi connectivity index (χ3v) is 2.95. The molecule has 5 heteroatoms. The molecule has 0 aliphatic carbocycles. The van der Waals surface area contributed by atoms with Crippen molar-refractivity contribution in [2.75, 3.05) is 12.3 Å². The van der Waals surface area contributed by atoms with E-state index in [-0.39, 0.29) is 5.91 Å². The molecule has 5 nitrogen and oxygen atoms in total. The first-order valence-corrected chi connectivity index (χ1v) is 6.28. The average Bonchev–Trinajstić information content (AvgIpc) is 2.91. The monoisotopic (exact) mass is 258 g/mol. The van der Waals surface area contributed by atoms with E-state index in [1.807, 2.05) is 29.9 Å². The number of aryl methyl sites for hydroxylation is 2. The molecule has 0 radical (unpaired) electrons. The summed E-state index contributed by atoms with van der Waals surface area (Å²) >= 11 is 0. The summed E-state index contributed by atoms with van der Waals surface area (Å²) in [6.07, 6.45) is 4.49. The lowest BCUT2D eigenvalue weighted by atomic mass is 10.1. The number of nitrogens with two attached hydrogens (primary N) is 1. The summed E-state index contributed by atoms with van der Waals surface area (Å²) in [5.74, 6) is -0.0906. The summed E-state index contributed by atoms with van der Waals surface area (Å²) in [5.41, 5.74) is 8.01. The summed E-state index contributed by atoms with van der Waals surface area (Å²) in [6, 6.07) is 7.23. The number of nitrogens with zero attached hydrogens (tertiary/aromatic N) is 2. The van der Waals surface area contributed by atoms with Gasteiger partial charge < -0.3 is 11.1 Å². The lowest BCUT2D eigenvalue weighted by molar-refractivity contribution is 0.0952. The topological polar surface area (TPSA) is 72.9 Å². The standard InChI is InChI=1S/C14H18N4O/c1-11-4-5-12(10-13(11)15)14(19)16-6-2-8-18-9-3-7-17-18/h3-5,7,9-10H,2,6,8,15H2,1H3,(H,16,19). The Morgan fingerprint density at radius 1 is 1.47 bits per heavy atom. The van der Waals surface area contributed by atoms with Crippen LogP contribution in [-0.2, 0) is 6.54 Å². The molecule has 100 valence electrons. The van der Waals surface area contributed by atoms with Crippen LogP contribution in [-0.4, -0.2) is 22.2 Å². The van der Waals surface area contributed by atoms with Crippen LogP contribution in [0.1, 0.15) is 22.3 Å². The minimum Gasteiger partial charge on any atom is -0.398 e. The predicted molar refractivity (Wildman–Crippen MR) is 74.8 cm³/mol. The Bertz CT molecular complexity index is 549. The molecule has 0 unspecified atom stereocenters. The van der Waals surface area contributed by atoms with Gasteiger partial charge in [-0.05, 0) is 37.1 Å². The number of benzene rings is 1. The summed E-state index contributed by atoms with van der Waals surface area (Å²) in [7, 11) is 0. The van der Waals surface area contributed by atoms with Gasteiger partial charge in [-0.2, -0.15) is 5.10 Å². The van der Waals surface area contributed by atoms with Crippen LogP contribution >= 0.6 is 0 Å². The zero-order chi connectivity index (χ0) is 13.7. The first-order valence-electron chi connectivity index (χ1n) is 6.28. The molecule has 1 heterocycles. The van der Waals surface area contributed by atoms with Crippen molar-refractivity contribution in [2.24, 2.45) is 0 Å².